The standard InChI is InChI=1S/C25H28N4O2/c30-25(28-17-19-7-3-1-4-8-19)22-18-27-24(20-9-5-2-6-10-20)29-23(22)11-14-26-21-12-15-31-16-13-21/h1-10,18,21,26H,11-17H2,(H,28,30). The molecule has 0 saturated carbocycles. The highest BCUT2D eigenvalue weighted by Crippen LogP contribution is 2.17. The van der Waals surface area contributed by atoms with Crippen LogP contribution in [0.15, 0.2) is 66.9 Å². The third kappa shape index (κ3) is 5.96. The number of nitrogens with zero attached hydrogens (tertiary/aromatic N) is 2. The van der Waals surface area contributed by atoms with Gasteiger partial charge in [0.1, 0.15) is 0 Å². The van der Waals surface area contributed by atoms with E-state index in [0.717, 1.165) is 49.4 Å². The quantitative estimate of drug-likeness (QED) is 0.589. The molecule has 1 aliphatic heterocycles. The summed E-state index contributed by atoms with van der Waals surface area (Å²) in [5, 5.41) is 6.58. The van der Waals surface area contributed by atoms with Gasteiger partial charge in [-0.1, -0.05) is 60.7 Å². The maximum absolute atomic E-state index is 12.9. The molecule has 0 unspecified atom stereocenters. The summed E-state index contributed by atoms with van der Waals surface area (Å²) in [6, 6.07) is 20.2. The molecule has 0 aliphatic carbocycles. The van der Waals surface area contributed by atoms with Gasteiger partial charge in [-0.2, -0.15) is 0 Å². The lowest BCUT2D eigenvalue weighted by atomic mass is 10.1. The average Bonchev–Trinajstić information content (AvgIpc) is 2.84. The van der Waals surface area contributed by atoms with Crippen molar-refractivity contribution in [2.45, 2.75) is 31.8 Å². The number of benzene rings is 2. The van der Waals surface area contributed by atoms with Crippen LogP contribution in [-0.4, -0.2) is 41.7 Å². The van der Waals surface area contributed by atoms with E-state index in [2.05, 4.69) is 15.6 Å². The molecule has 1 saturated heterocycles. The van der Waals surface area contributed by atoms with Crippen molar-refractivity contribution in [3.8, 4) is 11.4 Å². The van der Waals surface area contributed by atoms with Gasteiger partial charge in [-0.3, -0.25) is 4.79 Å². The molecule has 1 amide bonds. The summed E-state index contributed by atoms with van der Waals surface area (Å²) >= 11 is 0. The normalized spacial score (nSPS) is 14.3. The molecule has 2 aromatic carbocycles. The summed E-state index contributed by atoms with van der Waals surface area (Å²) in [6.45, 7) is 2.84. The number of amides is 1. The summed E-state index contributed by atoms with van der Waals surface area (Å²) in [5.41, 5.74) is 3.29. The lowest BCUT2D eigenvalue weighted by molar-refractivity contribution is 0.0782. The van der Waals surface area contributed by atoms with Crippen LogP contribution >= 0.6 is 0 Å². The highest BCUT2D eigenvalue weighted by Gasteiger charge is 2.17. The van der Waals surface area contributed by atoms with E-state index in [0.29, 0.717) is 30.4 Å². The minimum absolute atomic E-state index is 0.149. The zero-order chi connectivity index (χ0) is 21.3. The first-order valence-electron chi connectivity index (χ1n) is 10.8. The molecule has 0 spiro atoms. The highest BCUT2D eigenvalue weighted by molar-refractivity contribution is 5.95. The first-order chi connectivity index (χ1) is 15.3. The molecule has 31 heavy (non-hydrogen) atoms. The molecule has 0 radical (unpaired) electrons. The molecule has 6 nitrogen and oxygen atoms in total. The number of hydrogen-bond acceptors (Lipinski definition) is 5. The molecule has 1 aliphatic rings. The number of aromatic nitrogens is 2. The Labute approximate surface area is 183 Å². The maximum atomic E-state index is 12.9. The van der Waals surface area contributed by atoms with Crippen LogP contribution in [0.3, 0.4) is 0 Å². The van der Waals surface area contributed by atoms with E-state index in [1.54, 1.807) is 6.20 Å². The minimum atomic E-state index is -0.149. The summed E-state index contributed by atoms with van der Waals surface area (Å²) < 4.78 is 5.43. The second-order valence-corrected chi connectivity index (χ2v) is 7.68. The Hall–Kier alpha value is -3.09. The van der Waals surface area contributed by atoms with Crippen molar-refractivity contribution in [2.24, 2.45) is 0 Å². The van der Waals surface area contributed by atoms with Crippen molar-refractivity contribution in [1.29, 1.82) is 0 Å². The molecule has 2 heterocycles. The van der Waals surface area contributed by atoms with Crippen LogP contribution in [0.5, 0.6) is 0 Å². The van der Waals surface area contributed by atoms with Crippen LogP contribution in [0.1, 0.15) is 34.5 Å². The molecule has 0 bridgehead atoms. The average molecular weight is 417 g/mol. The largest absolute Gasteiger partial charge is 0.381 e. The number of nitrogens with one attached hydrogen (secondary N) is 2. The Balaban J connectivity index is 1.48. The highest BCUT2D eigenvalue weighted by atomic mass is 16.5. The van der Waals surface area contributed by atoms with Gasteiger partial charge < -0.3 is 15.4 Å². The Morgan fingerprint density at radius 3 is 2.45 bits per heavy atom. The summed E-state index contributed by atoms with van der Waals surface area (Å²) in [5.74, 6) is 0.491. The van der Waals surface area contributed by atoms with Gasteiger partial charge in [0, 0.05) is 50.5 Å². The van der Waals surface area contributed by atoms with Gasteiger partial charge in [0.2, 0.25) is 0 Å². The minimum Gasteiger partial charge on any atom is -0.381 e. The zero-order valence-corrected chi connectivity index (χ0v) is 17.6. The van der Waals surface area contributed by atoms with Crippen LogP contribution in [0.2, 0.25) is 0 Å². The SMILES string of the molecule is O=C(NCc1ccccc1)c1cnc(-c2ccccc2)nc1CCNC1CCOCC1. The van der Waals surface area contributed by atoms with Crippen LogP contribution in [0, 0.1) is 0 Å². The lowest BCUT2D eigenvalue weighted by Gasteiger charge is -2.23. The first kappa shape index (κ1) is 21.2. The van der Waals surface area contributed by atoms with Gasteiger partial charge in [-0.25, -0.2) is 9.97 Å². The van der Waals surface area contributed by atoms with E-state index in [9.17, 15) is 4.79 Å². The molecular formula is C25H28N4O2. The fraction of sp³-hybridized carbons (Fsp3) is 0.320. The van der Waals surface area contributed by atoms with E-state index < -0.39 is 0 Å². The van der Waals surface area contributed by atoms with Gasteiger partial charge in [0.15, 0.2) is 5.82 Å². The summed E-state index contributed by atoms with van der Waals surface area (Å²) in [7, 11) is 0. The van der Waals surface area contributed by atoms with Crippen LogP contribution in [0.4, 0.5) is 0 Å². The second-order valence-electron chi connectivity index (χ2n) is 7.68. The van der Waals surface area contributed by atoms with Crippen molar-refractivity contribution in [3.63, 3.8) is 0 Å². The van der Waals surface area contributed by atoms with Gasteiger partial charge in [0.25, 0.3) is 5.91 Å². The molecule has 0 atom stereocenters. The lowest BCUT2D eigenvalue weighted by Crippen LogP contribution is -2.36. The number of ether oxygens (including phenoxy) is 1. The van der Waals surface area contributed by atoms with Crippen LogP contribution in [-0.2, 0) is 17.7 Å². The third-order valence-electron chi connectivity index (χ3n) is 5.46. The monoisotopic (exact) mass is 416 g/mol. The van der Waals surface area contributed by atoms with Crippen molar-refractivity contribution in [2.75, 3.05) is 19.8 Å². The second kappa shape index (κ2) is 10.8. The van der Waals surface area contributed by atoms with Crippen LogP contribution in [0.25, 0.3) is 11.4 Å². The Kier molecular flexibility index (Phi) is 7.37. The number of rotatable bonds is 8. The molecule has 6 heteroatoms. The fourth-order valence-corrected chi connectivity index (χ4v) is 3.69. The maximum Gasteiger partial charge on any atom is 0.254 e. The van der Waals surface area contributed by atoms with Gasteiger partial charge in [-0.15, -0.1) is 0 Å². The summed E-state index contributed by atoms with van der Waals surface area (Å²) in [6.07, 6.45) is 4.35. The number of carbonyl (C=O) groups is 1. The van der Waals surface area contributed by atoms with Crippen molar-refractivity contribution in [3.05, 3.63) is 83.7 Å². The van der Waals surface area contributed by atoms with E-state index in [1.807, 2.05) is 60.7 Å². The van der Waals surface area contributed by atoms with Gasteiger partial charge in [-0.05, 0) is 18.4 Å². The smallest absolute Gasteiger partial charge is 0.254 e. The predicted octanol–water partition coefficient (Wildman–Crippen LogP) is 3.38. The van der Waals surface area contributed by atoms with E-state index in [1.165, 1.54) is 0 Å². The molecule has 2 N–H and O–H groups in total. The predicted molar refractivity (Wildman–Crippen MR) is 121 cm³/mol. The Morgan fingerprint density at radius 2 is 1.71 bits per heavy atom. The first-order valence-corrected chi connectivity index (χ1v) is 10.8. The fourth-order valence-electron chi connectivity index (χ4n) is 3.69. The van der Waals surface area contributed by atoms with E-state index >= 15 is 0 Å². The Bertz CT molecular complexity index is 973. The molecule has 3 aromatic rings. The molecule has 1 fully saturated rings. The molecule has 160 valence electrons. The van der Waals surface area contributed by atoms with Crippen molar-refractivity contribution in [1.82, 2.24) is 20.6 Å². The number of hydrogen-bond donors (Lipinski definition) is 2. The number of carbonyl (C=O) groups excluding carboxylic acids is 1. The van der Waals surface area contributed by atoms with E-state index in [-0.39, 0.29) is 5.91 Å². The van der Waals surface area contributed by atoms with Crippen LogP contribution < -0.4 is 10.6 Å². The third-order valence-corrected chi connectivity index (χ3v) is 5.46. The van der Waals surface area contributed by atoms with Gasteiger partial charge >= 0.3 is 0 Å². The molecule has 1 aromatic heterocycles. The van der Waals surface area contributed by atoms with Crippen molar-refractivity contribution < 1.29 is 9.53 Å². The molecule has 4 rings (SSSR count). The van der Waals surface area contributed by atoms with Crippen molar-refractivity contribution >= 4 is 5.91 Å². The van der Waals surface area contributed by atoms with Gasteiger partial charge in [0.05, 0.1) is 11.3 Å². The summed E-state index contributed by atoms with van der Waals surface area (Å²) in [4.78, 5) is 22.2. The molecular weight excluding hydrogens is 388 g/mol. The van der Waals surface area contributed by atoms with E-state index in [4.69, 9.17) is 9.72 Å². The Morgan fingerprint density at radius 1 is 1.00 bits per heavy atom. The topological polar surface area (TPSA) is 76.1 Å². The zero-order valence-electron chi connectivity index (χ0n) is 17.6.